The first-order valence-corrected chi connectivity index (χ1v) is 15.6. The number of esters is 1. The van der Waals surface area contributed by atoms with E-state index in [9.17, 15) is 9.59 Å². The number of carbonyl (C=O) groups excluding carboxylic acids is 1. The van der Waals surface area contributed by atoms with Crippen LogP contribution < -0.4 is 15.2 Å². The maximum atomic E-state index is 14.0. The lowest BCUT2D eigenvalue weighted by molar-refractivity contribution is -0.146. The van der Waals surface area contributed by atoms with Crippen LogP contribution >= 0.6 is 0 Å². The minimum Gasteiger partial charge on any atom is -0.469 e. The summed E-state index contributed by atoms with van der Waals surface area (Å²) in [4.78, 5) is 41.9. The lowest BCUT2D eigenvalue weighted by Gasteiger charge is -2.40. The van der Waals surface area contributed by atoms with E-state index < -0.39 is 0 Å². The Balaban J connectivity index is 1.26. The van der Waals surface area contributed by atoms with Crippen LogP contribution in [0.1, 0.15) is 42.5 Å². The summed E-state index contributed by atoms with van der Waals surface area (Å²) in [6, 6.07) is 14.8. The molecule has 4 aromatic rings. The summed E-state index contributed by atoms with van der Waals surface area (Å²) >= 11 is 0. The zero-order valence-corrected chi connectivity index (χ0v) is 26.0. The van der Waals surface area contributed by atoms with Gasteiger partial charge in [-0.15, -0.1) is 0 Å². The van der Waals surface area contributed by atoms with Crippen molar-refractivity contribution in [1.29, 1.82) is 0 Å². The molecular weight excluding hydrogens is 552 g/mol. The zero-order valence-electron chi connectivity index (χ0n) is 26.0. The Morgan fingerprint density at radius 1 is 1.00 bits per heavy atom. The quantitative estimate of drug-likeness (QED) is 0.272. The van der Waals surface area contributed by atoms with E-state index in [2.05, 4.69) is 59.6 Å². The Morgan fingerprint density at radius 3 is 2.59 bits per heavy atom. The lowest BCUT2D eigenvalue weighted by atomic mass is 9.96. The fourth-order valence-electron chi connectivity index (χ4n) is 6.89. The van der Waals surface area contributed by atoms with Crippen molar-refractivity contribution in [1.82, 2.24) is 19.4 Å². The average Bonchev–Trinajstić information content (AvgIpc) is 3.06. The molecule has 0 aliphatic carbocycles. The number of methoxy groups -OCH3 is 1. The van der Waals surface area contributed by atoms with Crippen molar-refractivity contribution in [2.45, 2.75) is 51.7 Å². The highest BCUT2D eigenvalue weighted by Gasteiger charge is 2.28. The predicted octanol–water partition coefficient (Wildman–Crippen LogP) is 4.70. The van der Waals surface area contributed by atoms with Crippen LogP contribution in [0, 0.1) is 12.8 Å². The normalized spacial score (nSPS) is 17.8. The number of ether oxygens (including phenoxy) is 1. The number of aryl methyl sites for hydroxylation is 2. The molecule has 2 fully saturated rings. The average molecular weight is 595 g/mol. The molecule has 9 nitrogen and oxygen atoms in total. The van der Waals surface area contributed by atoms with Gasteiger partial charge in [-0.1, -0.05) is 0 Å². The topological polar surface area (TPSA) is 83.8 Å². The molecule has 0 radical (unpaired) electrons. The van der Waals surface area contributed by atoms with Crippen molar-refractivity contribution in [2.24, 2.45) is 13.0 Å². The van der Waals surface area contributed by atoms with Gasteiger partial charge in [0.15, 0.2) is 5.43 Å². The molecule has 0 N–H and O–H groups in total. The van der Waals surface area contributed by atoms with Crippen LogP contribution in [-0.2, 0) is 29.7 Å². The van der Waals surface area contributed by atoms with Crippen molar-refractivity contribution < 1.29 is 9.53 Å². The summed E-state index contributed by atoms with van der Waals surface area (Å²) in [5, 5.41) is 0.735. The smallest absolute Gasteiger partial charge is 0.308 e. The Hall–Kier alpha value is -4.24. The number of piperidine rings is 2. The second kappa shape index (κ2) is 13.2. The van der Waals surface area contributed by atoms with E-state index in [-0.39, 0.29) is 23.4 Å². The molecule has 6 rings (SSSR count). The third-order valence-electron chi connectivity index (χ3n) is 9.29. The fraction of sp³-hybridized carbons (Fsp3) is 0.429. The van der Waals surface area contributed by atoms with Gasteiger partial charge < -0.3 is 19.1 Å². The van der Waals surface area contributed by atoms with Gasteiger partial charge in [-0.3, -0.25) is 24.5 Å². The van der Waals surface area contributed by atoms with Gasteiger partial charge in [0.05, 0.1) is 30.4 Å². The van der Waals surface area contributed by atoms with Gasteiger partial charge in [-0.25, -0.2) is 0 Å². The molecule has 0 bridgehead atoms. The van der Waals surface area contributed by atoms with Crippen molar-refractivity contribution >= 4 is 28.2 Å². The highest BCUT2D eigenvalue weighted by Crippen LogP contribution is 2.28. The SMILES string of the molecule is COC(=O)C1CCN(c2ccc3c(=O)c(CN(Cc4ccnc(C)c4)[C@H]4CCCN(c5cccnc5)C4)cn(C)c3c2)CC1. The molecule has 1 aromatic carbocycles. The zero-order chi connectivity index (χ0) is 30.6. The highest BCUT2D eigenvalue weighted by molar-refractivity contribution is 5.83. The van der Waals surface area contributed by atoms with Crippen molar-refractivity contribution in [2.75, 3.05) is 43.1 Å². The Kier molecular flexibility index (Phi) is 8.93. The molecule has 9 heteroatoms. The molecule has 5 heterocycles. The molecule has 2 aliphatic heterocycles. The van der Waals surface area contributed by atoms with Crippen LogP contribution in [0.3, 0.4) is 0 Å². The van der Waals surface area contributed by atoms with Gasteiger partial charge in [0, 0.05) is 93.3 Å². The minimum atomic E-state index is -0.121. The molecule has 0 unspecified atom stereocenters. The number of hydrogen-bond acceptors (Lipinski definition) is 8. The van der Waals surface area contributed by atoms with E-state index in [0.717, 1.165) is 91.9 Å². The predicted molar refractivity (Wildman–Crippen MR) is 174 cm³/mol. The van der Waals surface area contributed by atoms with Crippen molar-refractivity contribution in [3.8, 4) is 0 Å². The number of hydrogen-bond donors (Lipinski definition) is 0. The monoisotopic (exact) mass is 594 g/mol. The molecule has 44 heavy (non-hydrogen) atoms. The van der Waals surface area contributed by atoms with Gasteiger partial charge in [0.2, 0.25) is 0 Å². The molecule has 0 spiro atoms. The molecular formula is C35H42N6O3. The van der Waals surface area contributed by atoms with Gasteiger partial charge in [0.1, 0.15) is 0 Å². The number of pyridine rings is 3. The van der Waals surface area contributed by atoms with Crippen LogP contribution in [0.2, 0.25) is 0 Å². The van der Waals surface area contributed by atoms with Crippen LogP contribution in [0.25, 0.3) is 10.9 Å². The number of nitrogens with zero attached hydrogens (tertiary/aromatic N) is 6. The van der Waals surface area contributed by atoms with E-state index in [0.29, 0.717) is 6.54 Å². The van der Waals surface area contributed by atoms with E-state index in [1.807, 2.05) is 50.9 Å². The third-order valence-corrected chi connectivity index (χ3v) is 9.29. The van der Waals surface area contributed by atoms with Gasteiger partial charge in [-0.05, 0) is 80.6 Å². The minimum absolute atomic E-state index is 0.0387. The van der Waals surface area contributed by atoms with Crippen molar-refractivity contribution in [3.63, 3.8) is 0 Å². The molecule has 2 aliphatic rings. The summed E-state index contributed by atoms with van der Waals surface area (Å²) in [5.41, 5.74) is 6.23. The number of aromatic nitrogens is 3. The second-order valence-corrected chi connectivity index (χ2v) is 12.2. The first-order valence-electron chi connectivity index (χ1n) is 15.6. The molecule has 2 saturated heterocycles. The van der Waals surface area contributed by atoms with Crippen molar-refractivity contribution in [3.05, 3.63) is 94.3 Å². The van der Waals surface area contributed by atoms with E-state index in [4.69, 9.17) is 4.74 Å². The fourth-order valence-corrected chi connectivity index (χ4v) is 6.89. The third kappa shape index (κ3) is 6.48. The van der Waals surface area contributed by atoms with Crippen LogP contribution in [-0.4, -0.2) is 64.7 Å². The van der Waals surface area contributed by atoms with E-state index >= 15 is 0 Å². The van der Waals surface area contributed by atoms with Crippen LogP contribution in [0.15, 0.2) is 72.0 Å². The van der Waals surface area contributed by atoms with Gasteiger partial charge in [-0.2, -0.15) is 0 Å². The number of anilines is 2. The van der Waals surface area contributed by atoms with E-state index in [1.165, 1.54) is 12.7 Å². The van der Waals surface area contributed by atoms with Crippen LogP contribution in [0.5, 0.6) is 0 Å². The summed E-state index contributed by atoms with van der Waals surface area (Å²) < 4.78 is 7.04. The first kappa shape index (κ1) is 29.8. The van der Waals surface area contributed by atoms with Gasteiger partial charge >= 0.3 is 5.97 Å². The summed E-state index contributed by atoms with van der Waals surface area (Å²) in [5.74, 6) is -0.160. The molecule has 230 valence electrons. The first-order chi connectivity index (χ1) is 21.4. The maximum Gasteiger partial charge on any atom is 0.308 e. The standard InChI is InChI=1S/C35H42N6O3/c1-25-18-26(10-14-37-25)21-41(31-7-5-15-40(24-31)30-6-4-13-36-20-30)23-28-22-38(2)33-19-29(8-9-32(33)34(28)42)39-16-11-27(12-17-39)35(43)44-3/h4,6,8-10,13-14,18-20,22,27,31H,5,7,11-12,15-17,21,23-24H2,1-3H3/t31-/m0/s1. The number of benzene rings is 1. The Labute approximate surface area is 259 Å². The van der Waals surface area contributed by atoms with E-state index in [1.54, 1.807) is 0 Å². The summed E-state index contributed by atoms with van der Waals surface area (Å²) in [7, 11) is 3.48. The second-order valence-electron chi connectivity index (χ2n) is 12.2. The Bertz CT molecular complexity index is 1660. The van der Waals surface area contributed by atoms with Crippen LogP contribution in [0.4, 0.5) is 11.4 Å². The lowest BCUT2D eigenvalue weighted by Crippen LogP contribution is -2.48. The number of fused-ring (bicyclic) bond motifs is 1. The number of carbonyl (C=O) groups is 1. The number of rotatable bonds is 8. The largest absolute Gasteiger partial charge is 0.469 e. The maximum absolute atomic E-state index is 14.0. The molecule has 0 amide bonds. The Morgan fingerprint density at radius 2 is 1.84 bits per heavy atom. The highest BCUT2D eigenvalue weighted by atomic mass is 16.5. The molecule has 1 atom stereocenters. The summed E-state index contributed by atoms with van der Waals surface area (Å²) in [6.45, 7) is 6.81. The molecule has 3 aromatic heterocycles. The molecule has 0 saturated carbocycles. The van der Waals surface area contributed by atoms with Gasteiger partial charge in [0.25, 0.3) is 0 Å². The summed E-state index contributed by atoms with van der Waals surface area (Å²) in [6.07, 6.45) is 11.3.